The number of amides is 2. The Hall–Kier alpha value is -1.92. The summed E-state index contributed by atoms with van der Waals surface area (Å²) in [5, 5.41) is 0. The number of hydrogen-bond acceptors (Lipinski definition) is 4. The van der Waals surface area contributed by atoms with Gasteiger partial charge in [-0.25, -0.2) is 0 Å². The highest BCUT2D eigenvalue weighted by molar-refractivity contribution is 5.90. The highest BCUT2D eigenvalue weighted by atomic mass is 16.7. The smallest absolute Gasteiger partial charge is 0.226 e. The van der Waals surface area contributed by atoms with Crippen LogP contribution in [-0.4, -0.2) is 55.9 Å². The van der Waals surface area contributed by atoms with Gasteiger partial charge in [-0.15, -0.1) is 0 Å². The first-order valence-electron chi connectivity index (χ1n) is 8.38. The molecule has 0 aliphatic carbocycles. The molecule has 0 saturated carbocycles. The van der Waals surface area contributed by atoms with Gasteiger partial charge >= 0.3 is 0 Å². The van der Waals surface area contributed by atoms with Gasteiger partial charge in [-0.3, -0.25) is 9.59 Å². The molecule has 1 aromatic carbocycles. The van der Waals surface area contributed by atoms with Crippen molar-refractivity contribution in [3.63, 3.8) is 0 Å². The topological polar surface area (TPSA) is 59.1 Å². The van der Waals surface area contributed by atoms with Crippen molar-refractivity contribution in [2.24, 2.45) is 0 Å². The molecular formula is C18H24N2O4. The molecule has 2 fully saturated rings. The van der Waals surface area contributed by atoms with Crippen LogP contribution in [0.4, 0.5) is 5.69 Å². The molecule has 2 amide bonds. The Labute approximate surface area is 142 Å². The molecule has 24 heavy (non-hydrogen) atoms. The van der Waals surface area contributed by atoms with Gasteiger partial charge in [0.1, 0.15) is 0 Å². The maximum Gasteiger partial charge on any atom is 0.226 e. The largest absolute Gasteiger partial charge is 0.347 e. The van der Waals surface area contributed by atoms with E-state index in [2.05, 4.69) is 0 Å². The van der Waals surface area contributed by atoms with Crippen molar-refractivity contribution in [1.82, 2.24) is 4.90 Å². The van der Waals surface area contributed by atoms with Gasteiger partial charge in [-0.2, -0.15) is 0 Å². The minimum atomic E-state index is -0.449. The summed E-state index contributed by atoms with van der Waals surface area (Å²) < 4.78 is 11.4. The Balaban J connectivity index is 1.54. The number of anilines is 1. The number of rotatable bonds is 3. The van der Waals surface area contributed by atoms with E-state index in [9.17, 15) is 9.59 Å². The predicted molar refractivity (Wildman–Crippen MR) is 89.7 cm³/mol. The van der Waals surface area contributed by atoms with Crippen LogP contribution >= 0.6 is 0 Å². The summed E-state index contributed by atoms with van der Waals surface area (Å²) in [7, 11) is 1.74. The number of piperidine rings is 1. The molecule has 6 nitrogen and oxygen atoms in total. The third kappa shape index (κ3) is 3.60. The average molecular weight is 332 g/mol. The Bertz CT molecular complexity index is 598. The summed E-state index contributed by atoms with van der Waals surface area (Å²) in [5.41, 5.74) is 1.78. The zero-order chi connectivity index (χ0) is 17.2. The first-order valence-corrected chi connectivity index (χ1v) is 8.38. The minimum absolute atomic E-state index is 0.0163. The van der Waals surface area contributed by atoms with Crippen molar-refractivity contribution in [2.45, 2.75) is 32.0 Å². The van der Waals surface area contributed by atoms with E-state index in [0.29, 0.717) is 32.7 Å². The molecule has 1 spiro atoms. The molecule has 0 aromatic heterocycles. The van der Waals surface area contributed by atoms with Gasteiger partial charge in [0.25, 0.3) is 0 Å². The number of likely N-dealkylation sites (tertiary alicyclic amines) is 1. The first-order chi connectivity index (χ1) is 11.5. The van der Waals surface area contributed by atoms with Crippen LogP contribution in [0, 0.1) is 0 Å². The van der Waals surface area contributed by atoms with Crippen molar-refractivity contribution in [1.29, 1.82) is 0 Å². The second-order valence-electron chi connectivity index (χ2n) is 6.41. The summed E-state index contributed by atoms with van der Waals surface area (Å²) in [6, 6.07) is 7.55. The molecule has 0 N–H and O–H groups in total. The van der Waals surface area contributed by atoms with Gasteiger partial charge in [-0.05, 0) is 17.7 Å². The Morgan fingerprint density at radius 2 is 1.71 bits per heavy atom. The Morgan fingerprint density at radius 1 is 1.12 bits per heavy atom. The zero-order valence-electron chi connectivity index (χ0n) is 14.3. The molecule has 0 bridgehead atoms. The lowest BCUT2D eigenvalue weighted by Crippen LogP contribution is -2.47. The van der Waals surface area contributed by atoms with E-state index < -0.39 is 5.79 Å². The van der Waals surface area contributed by atoms with Crippen LogP contribution in [0.15, 0.2) is 24.3 Å². The van der Waals surface area contributed by atoms with Gasteiger partial charge in [0.05, 0.1) is 19.6 Å². The van der Waals surface area contributed by atoms with E-state index >= 15 is 0 Å². The second-order valence-corrected chi connectivity index (χ2v) is 6.41. The molecule has 6 heteroatoms. The van der Waals surface area contributed by atoms with Gasteiger partial charge in [-0.1, -0.05) is 12.1 Å². The van der Waals surface area contributed by atoms with Gasteiger partial charge < -0.3 is 19.3 Å². The van der Waals surface area contributed by atoms with Crippen molar-refractivity contribution >= 4 is 17.5 Å². The molecular weight excluding hydrogens is 308 g/mol. The molecule has 2 saturated heterocycles. The molecule has 2 heterocycles. The molecule has 0 unspecified atom stereocenters. The van der Waals surface area contributed by atoms with Crippen LogP contribution in [0.3, 0.4) is 0 Å². The summed E-state index contributed by atoms with van der Waals surface area (Å²) in [6.07, 6.45) is 1.85. The number of nitrogens with zero attached hydrogens (tertiary/aromatic N) is 2. The molecule has 1 aromatic rings. The van der Waals surface area contributed by atoms with Crippen LogP contribution in [0.25, 0.3) is 0 Å². The zero-order valence-corrected chi connectivity index (χ0v) is 14.3. The minimum Gasteiger partial charge on any atom is -0.347 e. The molecule has 3 rings (SSSR count). The maximum atomic E-state index is 12.5. The fourth-order valence-electron chi connectivity index (χ4n) is 3.19. The van der Waals surface area contributed by atoms with E-state index in [1.807, 2.05) is 29.2 Å². The van der Waals surface area contributed by atoms with Crippen LogP contribution in [0.2, 0.25) is 0 Å². The summed E-state index contributed by atoms with van der Waals surface area (Å²) in [6.45, 7) is 4.16. The second kappa shape index (κ2) is 6.91. The maximum absolute atomic E-state index is 12.5. The monoisotopic (exact) mass is 332 g/mol. The van der Waals surface area contributed by atoms with Crippen molar-refractivity contribution in [2.75, 3.05) is 38.3 Å². The fourth-order valence-corrected chi connectivity index (χ4v) is 3.19. The highest BCUT2D eigenvalue weighted by Crippen LogP contribution is 2.31. The fraction of sp³-hybridized carbons (Fsp3) is 0.556. The van der Waals surface area contributed by atoms with Gasteiger partial charge in [0.2, 0.25) is 11.8 Å². The van der Waals surface area contributed by atoms with E-state index in [1.165, 1.54) is 6.92 Å². The van der Waals surface area contributed by atoms with Crippen LogP contribution < -0.4 is 4.90 Å². The summed E-state index contributed by atoms with van der Waals surface area (Å²) in [4.78, 5) is 27.3. The van der Waals surface area contributed by atoms with Crippen LogP contribution in [0.5, 0.6) is 0 Å². The highest BCUT2D eigenvalue weighted by Gasteiger charge is 2.40. The van der Waals surface area contributed by atoms with E-state index in [-0.39, 0.29) is 11.8 Å². The molecule has 2 aliphatic heterocycles. The van der Waals surface area contributed by atoms with Crippen molar-refractivity contribution < 1.29 is 19.1 Å². The first kappa shape index (κ1) is 16.9. The Kier molecular flexibility index (Phi) is 4.87. The summed E-state index contributed by atoms with van der Waals surface area (Å²) >= 11 is 0. The van der Waals surface area contributed by atoms with Crippen LogP contribution in [-0.2, 0) is 25.5 Å². The number of carbonyl (C=O) groups is 2. The van der Waals surface area contributed by atoms with Gasteiger partial charge in [0.15, 0.2) is 5.79 Å². The quantitative estimate of drug-likeness (QED) is 0.843. The van der Waals surface area contributed by atoms with Crippen molar-refractivity contribution in [3.8, 4) is 0 Å². The average Bonchev–Trinajstić information content (AvgIpc) is 3.03. The molecule has 130 valence electrons. The number of ether oxygens (including phenoxy) is 2. The molecule has 2 aliphatic rings. The van der Waals surface area contributed by atoms with E-state index in [4.69, 9.17) is 9.47 Å². The Morgan fingerprint density at radius 3 is 2.25 bits per heavy atom. The van der Waals surface area contributed by atoms with Gasteiger partial charge in [0, 0.05) is 45.6 Å². The third-order valence-corrected chi connectivity index (χ3v) is 4.84. The molecule has 0 radical (unpaired) electrons. The lowest BCUT2D eigenvalue weighted by atomic mass is 10.0. The summed E-state index contributed by atoms with van der Waals surface area (Å²) in [5.74, 6) is -0.344. The van der Waals surface area contributed by atoms with E-state index in [0.717, 1.165) is 24.1 Å². The SMILES string of the molecule is CC(=O)N(C)c1ccc(CC(=O)N2CCC3(CC2)OCCO3)cc1. The number of benzene rings is 1. The standard InChI is InChI=1S/C18H24N2O4/c1-14(21)19(2)16-5-3-15(4-6-16)13-17(22)20-9-7-18(8-10-20)23-11-12-24-18/h3-6H,7-13H2,1-2H3. The number of hydrogen-bond donors (Lipinski definition) is 0. The third-order valence-electron chi connectivity index (χ3n) is 4.84. The predicted octanol–water partition coefficient (Wildman–Crippen LogP) is 1.58. The van der Waals surface area contributed by atoms with E-state index in [1.54, 1.807) is 11.9 Å². The van der Waals surface area contributed by atoms with Crippen LogP contribution in [0.1, 0.15) is 25.3 Å². The van der Waals surface area contributed by atoms with Crippen molar-refractivity contribution in [3.05, 3.63) is 29.8 Å². The number of carbonyl (C=O) groups excluding carboxylic acids is 2. The lowest BCUT2D eigenvalue weighted by Gasteiger charge is -2.37. The molecule has 0 atom stereocenters. The normalized spacial score (nSPS) is 19.5. The lowest BCUT2D eigenvalue weighted by molar-refractivity contribution is -0.187.